The van der Waals surface area contributed by atoms with Gasteiger partial charge in [-0.25, -0.2) is 0 Å². The highest BCUT2D eigenvalue weighted by Gasteiger charge is 2.43. The summed E-state index contributed by atoms with van der Waals surface area (Å²) in [6.45, 7) is 11.2. The molecule has 0 aromatic rings. The van der Waals surface area contributed by atoms with Gasteiger partial charge in [0.25, 0.3) is 0 Å². The van der Waals surface area contributed by atoms with Crippen LogP contribution in [0.4, 0.5) is 0 Å². The second-order valence-corrected chi connectivity index (χ2v) is 9.34. The fourth-order valence-corrected chi connectivity index (χ4v) is 4.81. The number of rotatable bonds is 7. The lowest BCUT2D eigenvalue weighted by Crippen LogP contribution is -2.40. The SMILES string of the molecule is CC(C)=CCCC(C)CCO.CC1=CC(C)C(C=O)(C2CCCCC2)CC1. The van der Waals surface area contributed by atoms with Gasteiger partial charge in [-0.3, -0.25) is 0 Å². The minimum absolute atomic E-state index is 0.0278. The number of hydrogen-bond donors (Lipinski definition) is 1. The van der Waals surface area contributed by atoms with Gasteiger partial charge in [0.1, 0.15) is 6.29 Å². The van der Waals surface area contributed by atoms with Crippen LogP contribution in [-0.2, 0) is 4.79 Å². The molecule has 2 rings (SSSR count). The third-order valence-electron chi connectivity index (χ3n) is 6.75. The summed E-state index contributed by atoms with van der Waals surface area (Å²) in [4.78, 5) is 11.7. The lowest BCUT2D eigenvalue weighted by atomic mass is 9.59. The molecular formula is C25H44O2. The van der Waals surface area contributed by atoms with Crippen LogP contribution < -0.4 is 0 Å². The largest absolute Gasteiger partial charge is 0.396 e. The van der Waals surface area contributed by atoms with Crippen LogP contribution in [0.15, 0.2) is 23.3 Å². The summed E-state index contributed by atoms with van der Waals surface area (Å²) >= 11 is 0. The number of aldehydes is 1. The van der Waals surface area contributed by atoms with Crippen molar-refractivity contribution in [2.45, 2.75) is 98.8 Å². The summed E-state index contributed by atoms with van der Waals surface area (Å²) in [5.74, 6) is 1.76. The normalized spacial score (nSPS) is 27.0. The van der Waals surface area contributed by atoms with Crippen molar-refractivity contribution in [1.82, 2.24) is 0 Å². The molecule has 0 bridgehead atoms. The van der Waals surface area contributed by atoms with E-state index < -0.39 is 0 Å². The first-order valence-corrected chi connectivity index (χ1v) is 11.2. The Bertz CT molecular complexity index is 481. The van der Waals surface area contributed by atoms with Crippen LogP contribution in [0.5, 0.6) is 0 Å². The van der Waals surface area contributed by atoms with Crippen LogP contribution in [0.25, 0.3) is 0 Å². The Labute approximate surface area is 168 Å². The minimum atomic E-state index is -0.0278. The number of allylic oxidation sites excluding steroid dienone is 4. The van der Waals surface area contributed by atoms with Crippen LogP contribution in [0.1, 0.15) is 98.8 Å². The summed E-state index contributed by atoms with van der Waals surface area (Å²) in [6.07, 6.45) is 18.0. The van der Waals surface area contributed by atoms with Crippen molar-refractivity contribution in [3.8, 4) is 0 Å². The molecule has 2 aliphatic rings. The van der Waals surface area contributed by atoms with Gasteiger partial charge in [-0.15, -0.1) is 0 Å². The standard InChI is InChI=1S/C15H24O.C10H20O/c1-12-8-9-15(11-16,13(2)10-12)14-6-4-3-5-7-14;1-9(2)5-4-6-10(3)7-8-11/h10-11,13-14H,3-9H2,1-2H3;5,10-11H,4,6-8H2,1-3H3. The minimum Gasteiger partial charge on any atom is -0.396 e. The molecule has 0 heterocycles. The first-order chi connectivity index (χ1) is 12.9. The lowest BCUT2D eigenvalue weighted by Gasteiger charge is -2.44. The van der Waals surface area contributed by atoms with Crippen molar-refractivity contribution in [1.29, 1.82) is 0 Å². The van der Waals surface area contributed by atoms with E-state index in [0.29, 0.717) is 24.4 Å². The van der Waals surface area contributed by atoms with E-state index in [0.717, 1.165) is 25.7 Å². The van der Waals surface area contributed by atoms with E-state index in [1.54, 1.807) is 0 Å². The molecule has 2 nitrogen and oxygen atoms in total. The van der Waals surface area contributed by atoms with E-state index in [9.17, 15) is 4.79 Å². The fourth-order valence-electron chi connectivity index (χ4n) is 4.81. The van der Waals surface area contributed by atoms with Gasteiger partial charge in [0, 0.05) is 12.0 Å². The molecule has 0 radical (unpaired) electrons. The van der Waals surface area contributed by atoms with E-state index in [2.05, 4.69) is 46.8 Å². The molecule has 0 spiro atoms. The van der Waals surface area contributed by atoms with Crippen molar-refractivity contribution >= 4 is 6.29 Å². The van der Waals surface area contributed by atoms with E-state index in [4.69, 9.17) is 5.11 Å². The lowest BCUT2D eigenvalue weighted by molar-refractivity contribution is -0.123. The Morgan fingerprint density at radius 1 is 1.26 bits per heavy atom. The number of carbonyl (C=O) groups is 1. The summed E-state index contributed by atoms with van der Waals surface area (Å²) in [5.41, 5.74) is 2.84. The molecule has 1 N–H and O–H groups in total. The van der Waals surface area contributed by atoms with Gasteiger partial charge >= 0.3 is 0 Å². The Balaban J connectivity index is 0.000000293. The summed E-state index contributed by atoms with van der Waals surface area (Å²) in [5, 5.41) is 8.63. The van der Waals surface area contributed by atoms with Gasteiger partial charge in [-0.1, -0.05) is 56.4 Å². The third kappa shape index (κ3) is 7.94. The Morgan fingerprint density at radius 3 is 2.44 bits per heavy atom. The van der Waals surface area contributed by atoms with Crippen LogP contribution in [0.2, 0.25) is 0 Å². The molecule has 2 heteroatoms. The van der Waals surface area contributed by atoms with E-state index in [1.807, 2.05) is 0 Å². The average molecular weight is 377 g/mol. The molecule has 156 valence electrons. The van der Waals surface area contributed by atoms with Crippen molar-refractivity contribution in [2.75, 3.05) is 6.61 Å². The zero-order chi connectivity index (χ0) is 20.3. The molecule has 0 amide bonds. The first-order valence-electron chi connectivity index (χ1n) is 11.2. The molecule has 2 aliphatic carbocycles. The highest BCUT2D eigenvalue weighted by atomic mass is 16.3. The van der Waals surface area contributed by atoms with Crippen LogP contribution in [0, 0.1) is 23.2 Å². The predicted octanol–water partition coefficient (Wildman–Crippen LogP) is 6.88. The topological polar surface area (TPSA) is 37.3 Å². The van der Waals surface area contributed by atoms with Gasteiger partial charge in [0.15, 0.2) is 0 Å². The van der Waals surface area contributed by atoms with Crippen molar-refractivity contribution in [3.05, 3.63) is 23.3 Å². The monoisotopic (exact) mass is 376 g/mol. The summed E-state index contributed by atoms with van der Waals surface area (Å²) in [7, 11) is 0. The molecule has 3 unspecified atom stereocenters. The van der Waals surface area contributed by atoms with Gasteiger partial charge < -0.3 is 9.90 Å². The molecule has 0 aliphatic heterocycles. The Kier molecular flexibility index (Phi) is 11.2. The van der Waals surface area contributed by atoms with Gasteiger partial charge in [0.05, 0.1) is 0 Å². The molecule has 0 saturated heterocycles. The molecule has 0 aromatic heterocycles. The molecule has 27 heavy (non-hydrogen) atoms. The van der Waals surface area contributed by atoms with Gasteiger partial charge in [-0.2, -0.15) is 0 Å². The van der Waals surface area contributed by atoms with Crippen molar-refractivity contribution in [3.63, 3.8) is 0 Å². The van der Waals surface area contributed by atoms with E-state index in [1.165, 1.54) is 56.0 Å². The second kappa shape index (κ2) is 12.5. The maximum Gasteiger partial charge on any atom is 0.127 e. The number of carbonyl (C=O) groups excluding carboxylic acids is 1. The molecule has 3 atom stereocenters. The maximum atomic E-state index is 11.7. The highest BCUT2D eigenvalue weighted by Crippen LogP contribution is 2.49. The molecule has 1 saturated carbocycles. The third-order valence-corrected chi connectivity index (χ3v) is 6.75. The fraction of sp³-hybridized carbons (Fsp3) is 0.800. The van der Waals surface area contributed by atoms with Gasteiger partial charge in [0.2, 0.25) is 0 Å². The molecule has 1 fully saturated rings. The second-order valence-electron chi connectivity index (χ2n) is 9.34. The van der Waals surface area contributed by atoms with Crippen LogP contribution in [-0.4, -0.2) is 18.0 Å². The van der Waals surface area contributed by atoms with Crippen molar-refractivity contribution in [2.24, 2.45) is 23.2 Å². The molecule has 0 aromatic carbocycles. The van der Waals surface area contributed by atoms with E-state index in [-0.39, 0.29) is 5.41 Å². The number of hydrogen-bond acceptors (Lipinski definition) is 2. The summed E-state index contributed by atoms with van der Waals surface area (Å²) in [6, 6.07) is 0. The number of aliphatic hydroxyl groups is 1. The Hall–Kier alpha value is -0.890. The highest BCUT2D eigenvalue weighted by molar-refractivity contribution is 5.62. The van der Waals surface area contributed by atoms with E-state index >= 15 is 0 Å². The summed E-state index contributed by atoms with van der Waals surface area (Å²) < 4.78 is 0. The van der Waals surface area contributed by atoms with Gasteiger partial charge in [-0.05, 0) is 83.5 Å². The van der Waals surface area contributed by atoms with Crippen LogP contribution in [0.3, 0.4) is 0 Å². The first kappa shape index (κ1) is 24.1. The maximum absolute atomic E-state index is 11.7. The zero-order valence-corrected chi connectivity index (χ0v) is 18.6. The average Bonchev–Trinajstić information content (AvgIpc) is 2.63. The quantitative estimate of drug-likeness (QED) is 0.388. The smallest absolute Gasteiger partial charge is 0.127 e. The van der Waals surface area contributed by atoms with Crippen LogP contribution >= 0.6 is 0 Å². The molecular weight excluding hydrogens is 332 g/mol. The number of aliphatic hydroxyl groups excluding tert-OH is 1. The Morgan fingerprint density at radius 2 is 1.93 bits per heavy atom. The predicted molar refractivity (Wildman–Crippen MR) is 117 cm³/mol. The zero-order valence-electron chi connectivity index (χ0n) is 18.6. The van der Waals surface area contributed by atoms with Crippen molar-refractivity contribution < 1.29 is 9.90 Å².